The van der Waals surface area contributed by atoms with Gasteiger partial charge in [0.05, 0.1) is 0 Å². The van der Waals surface area contributed by atoms with Crippen molar-refractivity contribution in [3.63, 3.8) is 0 Å². The molecular weight excluding hydrogens is 303 g/mol. The van der Waals surface area contributed by atoms with Crippen LogP contribution in [0.3, 0.4) is 0 Å². The van der Waals surface area contributed by atoms with Gasteiger partial charge in [0.15, 0.2) is 0 Å². The second-order valence-corrected chi connectivity index (χ2v) is 10.8. The zero-order valence-electron chi connectivity index (χ0n) is 14.1. The summed E-state index contributed by atoms with van der Waals surface area (Å²) >= 11 is 5.75. The maximum atomic E-state index is 5.75. The first kappa shape index (κ1) is 17.2. The second-order valence-electron chi connectivity index (χ2n) is 6.94. The van der Waals surface area contributed by atoms with Crippen molar-refractivity contribution in [2.45, 2.75) is 27.7 Å². The number of thiocarbonyl (C=S) groups is 1. The second kappa shape index (κ2) is 6.52. The zero-order valence-corrected chi connectivity index (χ0v) is 15.8. The largest absolute Gasteiger partial charge is 0.0843 e. The van der Waals surface area contributed by atoms with Gasteiger partial charge in [-0.1, -0.05) is 94.5 Å². The lowest BCUT2D eigenvalue weighted by molar-refractivity contribution is 0.608. The van der Waals surface area contributed by atoms with Gasteiger partial charge in [-0.25, -0.2) is 0 Å². The van der Waals surface area contributed by atoms with Gasteiger partial charge < -0.3 is 0 Å². The van der Waals surface area contributed by atoms with Crippen molar-refractivity contribution in [1.82, 2.24) is 0 Å². The molecule has 0 saturated heterocycles. The molecule has 0 saturated carbocycles. The Hall–Kier alpha value is -1.17. The van der Waals surface area contributed by atoms with Gasteiger partial charge >= 0.3 is 0 Å². The molecule has 0 radical (unpaired) electrons. The monoisotopic (exact) mass is 328 g/mol. The van der Waals surface area contributed by atoms with E-state index in [-0.39, 0.29) is 5.41 Å². The lowest BCUT2D eigenvalue weighted by atomic mass is 9.93. The van der Waals surface area contributed by atoms with E-state index >= 15 is 0 Å². The summed E-state index contributed by atoms with van der Waals surface area (Å²) in [4.78, 5) is 1.05. The van der Waals surface area contributed by atoms with Gasteiger partial charge in [-0.15, -0.1) is 0 Å². The van der Waals surface area contributed by atoms with Gasteiger partial charge in [0.2, 0.25) is 0 Å². The molecule has 2 heteroatoms. The Morgan fingerprint density at radius 2 is 1.50 bits per heavy atom. The Kier molecular flexibility index (Phi) is 5.10. The quantitative estimate of drug-likeness (QED) is 0.575. The first-order valence-electron chi connectivity index (χ1n) is 7.63. The summed E-state index contributed by atoms with van der Waals surface area (Å²) in [7, 11) is 0. The van der Waals surface area contributed by atoms with E-state index in [1.165, 1.54) is 16.2 Å². The number of aryl methyl sites for hydroxylation is 1. The van der Waals surface area contributed by atoms with E-state index in [1.807, 2.05) is 0 Å². The Labute approximate surface area is 140 Å². The molecule has 0 fully saturated rings. The SMILES string of the molecule is Cc1ccccc1P(C)(=CC(=S)C(C)(C)C)c1ccccc1. The summed E-state index contributed by atoms with van der Waals surface area (Å²) in [6.45, 7) is 9.53. The van der Waals surface area contributed by atoms with Crippen LogP contribution in [0.1, 0.15) is 26.3 Å². The molecule has 0 aliphatic rings. The Balaban J connectivity index is 2.74. The van der Waals surface area contributed by atoms with E-state index in [4.69, 9.17) is 12.2 Å². The van der Waals surface area contributed by atoms with E-state index in [0.717, 1.165) is 4.86 Å². The van der Waals surface area contributed by atoms with Crippen molar-refractivity contribution in [3.05, 3.63) is 60.2 Å². The minimum atomic E-state index is -1.63. The molecule has 2 aromatic rings. The van der Waals surface area contributed by atoms with E-state index in [1.54, 1.807) is 0 Å². The van der Waals surface area contributed by atoms with E-state index in [2.05, 4.69) is 94.8 Å². The summed E-state index contributed by atoms with van der Waals surface area (Å²) < 4.78 is 0. The third-order valence-corrected chi connectivity index (χ3v) is 8.58. The van der Waals surface area contributed by atoms with Crippen molar-refractivity contribution in [2.24, 2.45) is 5.41 Å². The topological polar surface area (TPSA) is 0 Å². The Bertz CT molecular complexity index is 721. The first-order valence-corrected chi connectivity index (χ1v) is 10.3. The normalized spacial score (nSPS) is 14.2. The van der Waals surface area contributed by atoms with Gasteiger partial charge in [-0.3, -0.25) is 0 Å². The molecule has 2 rings (SSSR count). The predicted molar refractivity (Wildman–Crippen MR) is 108 cm³/mol. The molecular formula is C20H25PS. The highest BCUT2D eigenvalue weighted by Crippen LogP contribution is 2.42. The summed E-state index contributed by atoms with van der Waals surface area (Å²) in [5, 5.41) is 2.81. The Morgan fingerprint density at radius 1 is 0.955 bits per heavy atom. The third-order valence-electron chi connectivity index (χ3n) is 4.02. The lowest BCUT2D eigenvalue weighted by Crippen LogP contribution is -2.26. The fourth-order valence-electron chi connectivity index (χ4n) is 2.53. The van der Waals surface area contributed by atoms with Crippen LogP contribution in [0.2, 0.25) is 0 Å². The molecule has 0 aromatic heterocycles. The highest BCUT2D eigenvalue weighted by molar-refractivity contribution is 7.92. The van der Waals surface area contributed by atoms with Crippen molar-refractivity contribution < 1.29 is 0 Å². The zero-order chi connectivity index (χ0) is 16.4. The highest BCUT2D eigenvalue weighted by Gasteiger charge is 2.23. The van der Waals surface area contributed by atoms with Crippen LogP contribution in [0.15, 0.2) is 54.6 Å². The lowest BCUT2D eigenvalue weighted by Gasteiger charge is -2.28. The molecule has 0 N–H and O–H groups in total. The molecule has 0 aliphatic heterocycles. The average Bonchev–Trinajstić information content (AvgIpc) is 2.47. The van der Waals surface area contributed by atoms with Crippen molar-refractivity contribution in [1.29, 1.82) is 0 Å². The maximum absolute atomic E-state index is 5.75. The van der Waals surface area contributed by atoms with Gasteiger partial charge in [0, 0.05) is 4.86 Å². The minimum absolute atomic E-state index is 0.0219. The molecule has 0 amide bonds. The van der Waals surface area contributed by atoms with Crippen molar-refractivity contribution in [2.75, 3.05) is 6.66 Å². The molecule has 0 nitrogen and oxygen atoms in total. The molecule has 1 unspecified atom stereocenters. The standard InChI is InChI=1S/C20H25PS/c1-16-11-9-10-14-18(16)21(5,15-19(22)20(2,3)4)17-12-7-6-8-13-17/h6-15H,1-5H3. The first-order chi connectivity index (χ1) is 10.2. The van der Waals surface area contributed by atoms with Crippen LogP contribution in [-0.4, -0.2) is 17.3 Å². The van der Waals surface area contributed by atoms with Crippen molar-refractivity contribution >= 4 is 40.4 Å². The number of rotatable bonds is 3. The average molecular weight is 328 g/mol. The van der Waals surface area contributed by atoms with Gasteiger partial charge in [0.25, 0.3) is 0 Å². The van der Waals surface area contributed by atoms with Crippen LogP contribution >= 0.6 is 19.1 Å². The molecule has 0 spiro atoms. The molecule has 22 heavy (non-hydrogen) atoms. The summed E-state index contributed by atoms with van der Waals surface area (Å²) in [6, 6.07) is 19.5. The molecule has 2 aromatic carbocycles. The highest BCUT2D eigenvalue weighted by atomic mass is 32.1. The van der Waals surface area contributed by atoms with Crippen molar-refractivity contribution in [3.8, 4) is 0 Å². The van der Waals surface area contributed by atoms with E-state index < -0.39 is 6.89 Å². The summed E-state index contributed by atoms with van der Waals surface area (Å²) in [6.07, 6.45) is 0. The molecule has 0 bridgehead atoms. The number of hydrogen-bond acceptors (Lipinski definition) is 1. The predicted octanol–water partition coefficient (Wildman–Crippen LogP) is 4.81. The summed E-state index contributed by atoms with van der Waals surface area (Å²) in [5.74, 6) is 2.38. The fourth-order valence-corrected chi connectivity index (χ4v) is 6.58. The van der Waals surface area contributed by atoms with Crippen LogP contribution in [0, 0.1) is 12.3 Å². The van der Waals surface area contributed by atoms with Crippen LogP contribution in [-0.2, 0) is 0 Å². The maximum Gasteiger partial charge on any atom is 0.0213 e. The minimum Gasteiger partial charge on any atom is -0.0843 e. The fraction of sp³-hybridized carbons (Fsp3) is 0.300. The summed E-state index contributed by atoms with van der Waals surface area (Å²) in [5.41, 5.74) is 1.36. The van der Waals surface area contributed by atoms with Gasteiger partial charge in [-0.05, 0) is 41.0 Å². The van der Waals surface area contributed by atoms with Gasteiger partial charge in [0.1, 0.15) is 0 Å². The number of hydrogen-bond donors (Lipinski definition) is 0. The Morgan fingerprint density at radius 3 is 2.05 bits per heavy atom. The molecule has 116 valence electrons. The smallest absolute Gasteiger partial charge is 0.0213 e. The molecule has 0 aliphatic carbocycles. The number of benzene rings is 2. The van der Waals surface area contributed by atoms with Crippen LogP contribution in [0.25, 0.3) is 0 Å². The van der Waals surface area contributed by atoms with Crippen LogP contribution in [0.4, 0.5) is 0 Å². The molecule has 0 heterocycles. The molecule has 1 atom stereocenters. The van der Waals surface area contributed by atoms with Gasteiger partial charge in [-0.2, -0.15) is 0 Å². The van der Waals surface area contributed by atoms with E-state index in [9.17, 15) is 0 Å². The van der Waals surface area contributed by atoms with Crippen LogP contribution < -0.4 is 10.6 Å². The van der Waals surface area contributed by atoms with E-state index in [0.29, 0.717) is 0 Å². The third kappa shape index (κ3) is 3.59. The van der Waals surface area contributed by atoms with Crippen LogP contribution in [0.5, 0.6) is 0 Å².